The lowest BCUT2D eigenvalue weighted by Gasteiger charge is -2.32. The number of amides is 1. The van der Waals surface area contributed by atoms with E-state index in [0.29, 0.717) is 24.5 Å². The highest BCUT2D eigenvalue weighted by atomic mass is 16.5. The van der Waals surface area contributed by atoms with Crippen molar-refractivity contribution in [1.29, 1.82) is 0 Å². The molecule has 0 radical (unpaired) electrons. The van der Waals surface area contributed by atoms with Crippen LogP contribution in [0.2, 0.25) is 0 Å². The van der Waals surface area contributed by atoms with Gasteiger partial charge in [-0.25, -0.2) is 4.98 Å². The molecule has 0 spiro atoms. The van der Waals surface area contributed by atoms with Gasteiger partial charge in [-0.2, -0.15) is 5.10 Å². The Morgan fingerprint density at radius 2 is 1.76 bits per heavy atom. The van der Waals surface area contributed by atoms with Crippen LogP contribution in [0.3, 0.4) is 0 Å². The van der Waals surface area contributed by atoms with Crippen molar-refractivity contribution in [1.82, 2.24) is 29.6 Å². The van der Waals surface area contributed by atoms with Gasteiger partial charge in [0.25, 0.3) is 5.91 Å². The van der Waals surface area contributed by atoms with E-state index >= 15 is 0 Å². The third-order valence-electron chi connectivity index (χ3n) is 6.10. The van der Waals surface area contributed by atoms with Crippen LogP contribution in [0.25, 0.3) is 11.3 Å². The number of aryl methyl sites for hydroxylation is 2. The van der Waals surface area contributed by atoms with Gasteiger partial charge in [-0.15, -0.1) is 0 Å². The predicted molar refractivity (Wildman–Crippen MR) is 128 cm³/mol. The molecule has 5 rings (SSSR count). The first-order chi connectivity index (χ1) is 16.6. The second kappa shape index (κ2) is 9.43. The summed E-state index contributed by atoms with van der Waals surface area (Å²) in [7, 11) is 1.86. The summed E-state index contributed by atoms with van der Waals surface area (Å²) in [6.07, 6.45) is 10.3. The Morgan fingerprint density at radius 3 is 2.50 bits per heavy atom. The summed E-state index contributed by atoms with van der Waals surface area (Å²) in [5, 5.41) is 4.19. The summed E-state index contributed by atoms with van der Waals surface area (Å²) in [5.41, 5.74) is 4.28. The molecular formula is C26H26N6O2. The van der Waals surface area contributed by atoms with Crippen molar-refractivity contribution in [3.8, 4) is 22.9 Å². The van der Waals surface area contributed by atoms with Gasteiger partial charge in [0.05, 0.1) is 11.9 Å². The van der Waals surface area contributed by atoms with Crippen molar-refractivity contribution >= 4 is 5.91 Å². The number of pyridine rings is 1. The van der Waals surface area contributed by atoms with Crippen LogP contribution >= 0.6 is 0 Å². The first kappa shape index (κ1) is 21.8. The Hall–Kier alpha value is -4.07. The SMILES string of the molecule is Cc1ccc(Oc2nccnc2C2CCN(C(=O)c3ccnc(-c4cnn(C)c4)c3)CC2)cc1. The summed E-state index contributed by atoms with van der Waals surface area (Å²) >= 11 is 0. The molecule has 0 bridgehead atoms. The zero-order chi connectivity index (χ0) is 23.5. The van der Waals surface area contributed by atoms with Crippen LogP contribution in [0.4, 0.5) is 0 Å². The van der Waals surface area contributed by atoms with Crippen molar-refractivity contribution in [2.45, 2.75) is 25.7 Å². The lowest BCUT2D eigenvalue weighted by molar-refractivity contribution is 0.0711. The van der Waals surface area contributed by atoms with Crippen LogP contribution in [0.1, 0.15) is 40.4 Å². The first-order valence-electron chi connectivity index (χ1n) is 11.4. The summed E-state index contributed by atoms with van der Waals surface area (Å²) in [6, 6.07) is 11.5. The molecule has 4 heterocycles. The fourth-order valence-electron chi connectivity index (χ4n) is 4.23. The molecule has 0 unspecified atom stereocenters. The average molecular weight is 455 g/mol. The number of carbonyl (C=O) groups is 1. The van der Waals surface area contributed by atoms with E-state index in [4.69, 9.17) is 4.74 Å². The van der Waals surface area contributed by atoms with Gasteiger partial charge in [0.1, 0.15) is 11.4 Å². The fourth-order valence-corrected chi connectivity index (χ4v) is 4.23. The van der Waals surface area contributed by atoms with Crippen LogP contribution in [0.15, 0.2) is 67.4 Å². The molecule has 8 heteroatoms. The fraction of sp³-hybridized carbons (Fsp3) is 0.269. The van der Waals surface area contributed by atoms with E-state index in [1.54, 1.807) is 35.5 Å². The minimum atomic E-state index is 0.0151. The van der Waals surface area contributed by atoms with E-state index < -0.39 is 0 Å². The Balaban J connectivity index is 1.27. The number of ether oxygens (including phenoxy) is 1. The van der Waals surface area contributed by atoms with E-state index in [-0.39, 0.29) is 11.8 Å². The number of likely N-dealkylation sites (tertiary alicyclic amines) is 1. The maximum atomic E-state index is 13.2. The Morgan fingerprint density at radius 1 is 1.00 bits per heavy atom. The third kappa shape index (κ3) is 4.66. The molecule has 3 aromatic heterocycles. The molecular weight excluding hydrogens is 428 g/mol. The van der Waals surface area contributed by atoms with Gasteiger partial charge < -0.3 is 9.64 Å². The zero-order valence-electron chi connectivity index (χ0n) is 19.3. The van der Waals surface area contributed by atoms with E-state index in [2.05, 4.69) is 20.1 Å². The molecule has 0 N–H and O–H groups in total. The molecule has 8 nitrogen and oxygen atoms in total. The van der Waals surface area contributed by atoms with Crippen molar-refractivity contribution in [3.05, 3.63) is 84.2 Å². The molecule has 4 aromatic rings. The smallest absolute Gasteiger partial charge is 0.253 e. The summed E-state index contributed by atoms with van der Waals surface area (Å²) in [5.74, 6) is 1.47. The largest absolute Gasteiger partial charge is 0.437 e. The van der Waals surface area contributed by atoms with Gasteiger partial charge in [0.2, 0.25) is 5.88 Å². The highest BCUT2D eigenvalue weighted by Gasteiger charge is 2.28. The second-order valence-corrected chi connectivity index (χ2v) is 8.56. The van der Waals surface area contributed by atoms with Crippen LogP contribution in [-0.2, 0) is 7.05 Å². The number of carbonyl (C=O) groups excluding carboxylic acids is 1. The number of hydrogen-bond acceptors (Lipinski definition) is 6. The average Bonchev–Trinajstić information content (AvgIpc) is 3.32. The predicted octanol–water partition coefficient (Wildman–Crippen LogP) is 4.39. The highest BCUT2D eigenvalue weighted by Crippen LogP contribution is 2.34. The van der Waals surface area contributed by atoms with Crippen molar-refractivity contribution in [2.75, 3.05) is 13.1 Å². The molecule has 1 fully saturated rings. The van der Waals surface area contributed by atoms with Gasteiger partial charge in [-0.05, 0) is 44.0 Å². The molecule has 1 amide bonds. The first-order valence-corrected chi connectivity index (χ1v) is 11.4. The summed E-state index contributed by atoms with van der Waals surface area (Å²) < 4.78 is 7.77. The molecule has 0 atom stereocenters. The standard InChI is InChI=1S/C26H26N6O2/c1-18-3-5-22(6-4-18)34-25-24(28-11-12-29-25)19-8-13-32(14-9-19)26(33)20-7-10-27-23(15-20)21-16-30-31(2)17-21/h3-7,10-12,15-17,19H,8-9,13-14H2,1-2H3. The third-order valence-corrected chi connectivity index (χ3v) is 6.10. The van der Waals surface area contributed by atoms with E-state index in [9.17, 15) is 4.79 Å². The van der Waals surface area contributed by atoms with E-state index in [1.165, 1.54) is 5.56 Å². The Labute approximate surface area is 198 Å². The minimum absolute atomic E-state index is 0.0151. The van der Waals surface area contributed by atoms with Crippen molar-refractivity contribution in [2.24, 2.45) is 7.05 Å². The normalized spacial score (nSPS) is 14.2. The van der Waals surface area contributed by atoms with Gasteiger partial charge in [0, 0.05) is 62.0 Å². The number of rotatable bonds is 5. The van der Waals surface area contributed by atoms with Crippen molar-refractivity contribution in [3.63, 3.8) is 0 Å². The minimum Gasteiger partial charge on any atom is -0.437 e. The molecule has 1 aliphatic rings. The molecule has 0 aliphatic carbocycles. The van der Waals surface area contributed by atoms with Gasteiger partial charge in [-0.1, -0.05) is 17.7 Å². The maximum absolute atomic E-state index is 13.2. The van der Waals surface area contributed by atoms with Crippen LogP contribution in [0.5, 0.6) is 11.6 Å². The van der Waals surface area contributed by atoms with Crippen LogP contribution < -0.4 is 4.74 Å². The number of hydrogen-bond donors (Lipinski definition) is 0. The van der Waals surface area contributed by atoms with E-state index in [0.717, 1.165) is 35.5 Å². The Bertz CT molecular complexity index is 1290. The van der Waals surface area contributed by atoms with Gasteiger partial charge >= 0.3 is 0 Å². The molecule has 1 aromatic carbocycles. The maximum Gasteiger partial charge on any atom is 0.253 e. The van der Waals surface area contributed by atoms with Crippen LogP contribution in [-0.4, -0.2) is 48.6 Å². The van der Waals surface area contributed by atoms with E-state index in [1.807, 2.05) is 55.4 Å². The Kier molecular flexibility index (Phi) is 6.03. The summed E-state index contributed by atoms with van der Waals surface area (Å²) in [6.45, 7) is 3.33. The molecule has 34 heavy (non-hydrogen) atoms. The molecule has 172 valence electrons. The van der Waals surface area contributed by atoms with Crippen LogP contribution in [0, 0.1) is 6.92 Å². The molecule has 1 saturated heterocycles. The number of nitrogens with zero attached hydrogens (tertiary/aromatic N) is 6. The lowest BCUT2D eigenvalue weighted by Crippen LogP contribution is -2.38. The highest BCUT2D eigenvalue weighted by molar-refractivity contribution is 5.95. The van der Waals surface area contributed by atoms with Gasteiger partial charge in [-0.3, -0.25) is 19.4 Å². The number of aromatic nitrogens is 5. The number of piperidine rings is 1. The number of benzene rings is 1. The van der Waals surface area contributed by atoms with Crippen molar-refractivity contribution < 1.29 is 9.53 Å². The quantitative estimate of drug-likeness (QED) is 0.445. The molecule has 0 saturated carbocycles. The summed E-state index contributed by atoms with van der Waals surface area (Å²) in [4.78, 5) is 28.5. The second-order valence-electron chi connectivity index (χ2n) is 8.56. The topological polar surface area (TPSA) is 86.0 Å². The monoisotopic (exact) mass is 454 g/mol. The van der Waals surface area contributed by atoms with Gasteiger partial charge in [0.15, 0.2) is 0 Å². The zero-order valence-corrected chi connectivity index (χ0v) is 19.3. The lowest BCUT2D eigenvalue weighted by atomic mass is 9.93. The molecule has 1 aliphatic heterocycles.